The second-order valence-corrected chi connectivity index (χ2v) is 5.44. The molecule has 1 rings (SSSR count). The summed E-state index contributed by atoms with van der Waals surface area (Å²) in [4.78, 5) is 24.4. The highest BCUT2D eigenvalue weighted by Gasteiger charge is 2.24. The van der Waals surface area contributed by atoms with Crippen molar-refractivity contribution in [1.29, 1.82) is 0 Å². The molecule has 0 saturated heterocycles. The molecule has 0 radical (unpaired) electrons. The highest BCUT2D eigenvalue weighted by atomic mass is 35.5. The zero-order valence-corrected chi connectivity index (χ0v) is 14.2. The summed E-state index contributed by atoms with van der Waals surface area (Å²) >= 11 is 0. The minimum absolute atomic E-state index is 0. The summed E-state index contributed by atoms with van der Waals surface area (Å²) in [6.45, 7) is 6.75. The third-order valence-electron chi connectivity index (χ3n) is 3.31. The van der Waals surface area contributed by atoms with Crippen molar-refractivity contribution < 1.29 is 9.59 Å². The molecule has 0 saturated carbocycles. The highest BCUT2D eigenvalue weighted by Crippen LogP contribution is 2.09. The lowest BCUT2D eigenvalue weighted by Gasteiger charge is -2.22. The number of halogens is 1. The molecule has 0 aliphatic rings. The van der Waals surface area contributed by atoms with Gasteiger partial charge >= 0.3 is 0 Å². The Hall–Kier alpha value is -1.59. The predicted octanol–water partition coefficient (Wildman–Crippen LogP) is 1.64. The van der Waals surface area contributed by atoms with Crippen LogP contribution in [0.15, 0.2) is 24.3 Å². The van der Waals surface area contributed by atoms with Crippen LogP contribution in [-0.4, -0.2) is 30.9 Å². The summed E-state index contributed by atoms with van der Waals surface area (Å²) in [5.74, 6) is -0.378. The van der Waals surface area contributed by atoms with E-state index >= 15 is 0 Å². The van der Waals surface area contributed by atoms with Crippen LogP contribution in [0.1, 0.15) is 36.2 Å². The average molecular weight is 328 g/mol. The lowest BCUT2D eigenvalue weighted by atomic mass is 10.0. The van der Waals surface area contributed by atoms with Gasteiger partial charge in [-0.05, 0) is 37.4 Å². The Balaban J connectivity index is 0.00000441. The van der Waals surface area contributed by atoms with Gasteiger partial charge in [0.2, 0.25) is 5.91 Å². The number of aryl methyl sites for hydroxylation is 1. The fourth-order valence-electron chi connectivity index (χ4n) is 2.01. The van der Waals surface area contributed by atoms with E-state index in [-0.39, 0.29) is 30.1 Å². The molecule has 2 amide bonds. The predicted molar refractivity (Wildman–Crippen MR) is 91.2 cm³/mol. The number of carbonyl (C=O) groups excluding carboxylic acids is 2. The van der Waals surface area contributed by atoms with Crippen LogP contribution in [0.3, 0.4) is 0 Å². The summed E-state index contributed by atoms with van der Waals surface area (Å²) in [7, 11) is 0. The van der Waals surface area contributed by atoms with Crippen molar-refractivity contribution in [2.75, 3.05) is 13.1 Å². The van der Waals surface area contributed by atoms with Gasteiger partial charge in [0.05, 0.1) is 0 Å². The molecule has 0 bridgehead atoms. The molecular formula is C16H26ClN3O2. The maximum absolute atomic E-state index is 12.3. The molecule has 0 spiro atoms. The SMILES string of the molecule is Cc1ccccc1C(=O)NC(C(=O)NCCCN)C(C)C.Cl. The highest BCUT2D eigenvalue weighted by molar-refractivity contribution is 5.98. The van der Waals surface area contributed by atoms with Crippen LogP contribution in [0.2, 0.25) is 0 Å². The molecular weight excluding hydrogens is 302 g/mol. The molecule has 1 unspecified atom stereocenters. The van der Waals surface area contributed by atoms with Crippen LogP contribution in [0.4, 0.5) is 0 Å². The molecule has 6 heteroatoms. The number of hydrogen-bond donors (Lipinski definition) is 3. The number of nitrogens with two attached hydrogens (primary N) is 1. The zero-order chi connectivity index (χ0) is 15.8. The standard InChI is InChI=1S/C16H25N3O2.ClH/c1-11(2)14(16(21)18-10-6-9-17)19-15(20)13-8-5-4-7-12(13)3;/h4-5,7-8,11,14H,6,9-10,17H2,1-3H3,(H,18,21)(H,19,20);1H. The van der Waals surface area contributed by atoms with Gasteiger partial charge in [-0.15, -0.1) is 12.4 Å². The van der Waals surface area contributed by atoms with Crippen molar-refractivity contribution in [2.24, 2.45) is 11.7 Å². The van der Waals surface area contributed by atoms with Crippen molar-refractivity contribution in [3.8, 4) is 0 Å². The molecule has 5 nitrogen and oxygen atoms in total. The van der Waals surface area contributed by atoms with Gasteiger partial charge in [-0.1, -0.05) is 32.0 Å². The number of nitrogens with one attached hydrogen (secondary N) is 2. The van der Waals surface area contributed by atoms with Crippen LogP contribution in [0.5, 0.6) is 0 Å². The minimum Gasteiger partial charge on any atom is -0.354 e. The second kappa shape index (κ2) is 10.2. The van der Waals surface area contributed by atoms with E-state index in [1.54, 1.807) is 6.07 Å². The van der Waals surface area contributed by atoms with E-state index in [9.17, 15) is 9.59 Å². The number of hydrogen-bond acceptors (Lipinski definition) is 3. The Morgan fingerprint density at radius 3 is 2.41 bits per heavy atom. The Kier molecular flexibility index (Phi) is 9.45. The number of benzene rings is 1. The van der Waals surface area contributed by atoms with E-state index in [1.807, 2.05) is 39.0 Å². The maximum atomic E-state index is 12.3. The lowest BCUT2D eigenvalue weighted by molar-refractivity contribution is -0.123. The largest absolute Gasteiger partial charge is 0.354 e. The summed E-state index contributed by atoms with van der Waals surface area (Å²) in [6, 6.07) is 6.78. The maximum Gasteiger partial charge on any atom is 0.252 e. The number of amides is 2. The first kappa shape index (κ1) is 20.4. The van der Waals surface area contributed by atoms with Crippen molar-refractivity contribution in [1.82, 2.24) is 10.6 Å². The molecule has 1 aromatic rings. The lowest BCUT2D eigenvalue weighted by Crippen LogP contribution is -2.50. The molecule has 22 heavy (non-hydrogen) atoms. The third-order valence-corrected chi connectivity index (χ3v) is 3.31. The molecule has 0 aliphatic carbocycles. The molecule has 0 aromatic heterocycles. The summed E-state index contributed by atoms with van der Waals surface area (Å²) in [5.41, 5.74) is 6.89. The van der Waals surface area contributed by atoms with E-state index in [2.05, 4.69) is 10.6 Å². The Morgan fingerprint density at radius 1 is 1.23 bits per heavy atom. The van der Waals surface area contributed by atoms with E-state index in [0.717, 1.165) is 12.0 Å². The monoisotopic (exact) mass is 327 g/mol. The molecule has 1 atom stereocenters. The molecule has 124 valence electrons. The first-order valence-corrected chi connectivity index (χ1v) is 7.31. The summed E-state index contributed by atoms with van der Waals surface area (Å²) in [5, 5.41) is 5.62. The van der Waals surface area contributed by atoms with Crippen molar-refractivity contribution in [3.63, 3.8) is 0 Å². The first-order chi connectivity index (χ1) is 9.97. The minimum atomic E-state index is -0.546. The van der Waals surface area contributed by atoms with Gasteiger partial charge in [0.25, 0.3) is 5.91 Å². The van der Waals surface area contributed by atoms with Crippen LogP contribution < -0.4 is 16.4 Å². The average Bonchev–Trinajstić information content (AvgIpc) is 2.44. The van der Waals surface area contributed by atoms with E-state index < -0.39 is 6.04 Å². The van der Waals surface area contributed by atoms with Gasteiger partial charge in [-0.2, -0.15) is 0 Å². The van der Waals surface area contributed by atoms with Gasteiger partial charge in [0, 0.05) is 12.1 Å². The number of carbonyl (C=O) groups is 2. The van der Waals surface area contributed by atoms with E-state index in [0.29, 0.717) is 18.7 Å². The second-order valence-electron chi connectivity index (χ2n) is 5.44. The summed E-state index contributed by atoms with van der Waals surface area (Å²) < 4.78 is 0. The van der Waals surface area contributed by atoms with Crippen molar-refractivity contribution >= 4 is 24.2 Å². The topological polar surface area (TPSA) is 84.2 Å². The van der Waals surface area contributed by atoms with Crippen LogP contribution in [0.25, 0.3) is 0 Å². The normalized spacial score (nSPS) is 11.5. The fourth-order valence-corrected chi connectivity index (χ4v) is 2.01. The van der Waals surface area contributed by atoms with Gasteiger partial charge < -0.3 is 16.4 Å². The van der Waals surface area contributed by atoms with Crippen molar-refractivity contribution in [2.45, 2.75) is 33.2 Å². The molecule has 1 aromatic carbocycles. The molecule has 0 heterocycles. The Labute approximate surface area is 138 Å². The summed E-state index contributed by atoms with van der Waals surface area (Å²) in [6.07, 6.45) is 0.724. The molecule has 0 aliphatic heterocycles. The molecule has 0 fully saturated rings. The van der Waals surface area contributed by atoms with Crippen LogP contribution >= 0.6 is 12.4 Å². The smallest absolute Gasteiger partial charge is 0.252 e. The first-order valence-electron chi connectivity index (χ1n) is 7.31. The zero-order valence-electron chi connectivity index (χ0n) is 13.4. The van der Waals surface area contributed by atoms with Gasteiger partial charge in [0.1, 0.15) is 6.04 Å². The van der Waals surface area contributed by atoms with E-state index in [1.165, 1.54) is 0 Å². The Morgan fingerprint density at radius 2 is 1.86 bits per heavy atom. The van der Waals surface area contributed by atoms with Crippen LogP contribution in [0, 0.1) is 12.8 Å². The van der Waals surface area contributed by atoms with Crippen molar-refractivity contribution in [3.05, 3.63) is 35.4 Å². The number of rotatable bonds is 7. The van der Waals surface area contributed by atoms with Gasteiger partial charge in [0.15, 0.2) is 0 Å². The quantitative estimate of drug-likeness (QED) is 0.666. The fraction of sp³-hybridized carbons (Fsp3) is 0.500. The third kappa shape index (κ3) is 6.03. The van der Waals surface area contributed by atoms with Crippen LogP contribution in [-0.2, 0) is 4.79 Å². The van der Waals surface area contributed by atoms with Gasteiger partial charge in [-0.25, -0.2) is 0 Å². The van der Waals surface area contributed by atoms with E-state index in [4.69, 9.17) is 5.73 Å². The van der Waals surface area contributed by atoms with Gasteiger partial charge in [-0.3, -0.25) is 9.59 Å². The Bertz CT molecular complexity index is 492. The molecule has 4 N–H and O–H groups in total.